The number of nitrogens with two attached hydrogens (primary N) is 1. The SMILES string of the molecule is CN1CCCC1c1cc(N)cc(C(F)(F)F)c1. The van der Waals surface area contributed by atoms with Gasteiger partial charge in [0.05, 0.1) is 5.56 Å². The average molecular weight is 244 g/mol. The van der Waals surface area contributed by atoms with Crippen molar-refractivity contribution in [1.29, 1.82) is 0 Å². The Bertz CT molecular complexity index is 415. The lowest BCUT2D eigenvalue weighted by Gasteiger charge is -2.21. The van der Waals surface area contributed by atoms with Crippen LogP contribution in [0.5, 0.6) is 0 Å². The molecular weight excluding hydrogens is 229 g/mol. The van der Waals surface area contributed by atoms with E-state index in [4.69, 9.17) is 5.73 Å². The van der Waals surface area contributed by atoms with Crippen molar-refractivity contribution in [3.8, 4) is 0 Å². The number of hydrogen-bond donors (Lipinski definition) is 1. The van der Waals surface area contributed by atoms with E-state index in [1.54, 1.807) is 6.07 Å². The summed E-state index contributed by atoms with van der Waals surface area (Å²) in [7, 11) is 1.92. The third kappa shape index (κ3) is 2.54. The van der Waals surface area contributed by atoms with Gasteiger partial charge in [-0.2, -0.15) is 13.2 Å². The van der Waals surface area contributed by atoms with Crippen LogP contribution in [-0.4, -0.2) is 18.5 Å². The van der Waals surface area contributed by atoms with Crippen molar-refractivity contribution in [1.82, 2.24) is 4.90 Å². The van der Waals surface area contributed by atoms with Gasteiger partial charge in [0.2, 0.25) is 0 Å². The van der Waals surface area contributed by atoms with Crippen molar-refractivity contribution in [2.75, 3.05) is 19.3 Å². The van der Waals surface area contributed by atoms with E-state index in [1.165, 1.54) is 6.07 Å². The van der Waals surface area contributed by atoms with Crippen molar-refractivity contribution < 1.29 is 13.2 Å². The number of alkyl halides is 3. The van der Waals surface area contributed by atoms with Gasteiger partial charge in [0.1, 0.15) is 0 Å². The van der Waals surface area contributed by atoms with Gasteiger partial charge in [-0.25, -0.2) is 0 Å². The second-order valence-electron chi connectivity index (χ2n) is 4.52. The Balaban J connectivity index is 2.38. The molecule has 2 N–H and O–H groups in total. The lowest BCUT2D eigenvalue weighted by Crippen LogP contribution is -2.18. The summed E-state index contributed by atoms with van der Waals surface area (Å²) in [5.41, 5.74) is 5.73. The van der Waals surface area contributed by atoms with E-state index >= 15 is 0 Å². The van der Waals surface area contributed by atoms with Crippen molar-refractivity contribution in [3.05, 3.63) is 29.3 Å². The quantitative estimate of drug-likeness (QED) is 0.769. The van der Waals surface area contributed by atoms with Crippen LogP contribution in [0.2, 0.25) is 0 Å². The lowest BCUT2D eigenvalue weighted by atomic mass is 10.0. The van der Waals surface area contributed by atoms with Crippen LogP contribution in [0.25, 0.3) is 0 Å². The van der Waals surface area contributed by atoms with Crippen LogP contribution in [0.1, 0.15) is 30.0 Å². The molecule has 0 bridgehead atoms. The predicted octanol–water partition coefficient (Wildman–Crippen LogP) is 3.05. The Morgan fingerprint density at radius 2 is 2.00 bits per heavy atom. The minimum atomic E-state index is -4.33. The molecule has 0 aliphatic carbocycles. The minimum absolute atomic E-state index is 0.0552. The topological polar surface area (TPSA) is 29.3 Å². The highest BCUT2D eigenvalue weighted by Crippen LogP contribution is 2.36. The van der Waals surface area contributed by atoms with Gasteiger partial charge in [-0.3, -0.25) is 4.90 Å². The van der Waals surface area contributed by atoms with Crippen LogP contribution in [0, 0.1) is 0 Å². The number of rotatable bonds is 1. The zero-order valence-electron chi connectivity index (χ0n) is 9.59. The monoisotopic (exact) mass is 244 g/mol. The largest absolute Gasteiger partial charge is 0.416 e. The molecule has 1 fully saturated rings. The van der Waals surface area contributed by atoms with E-state index in [1.807, 2.05) is 7.05 Å². The van der Waals surface area contributed by atoms with Gasteiger partial charge in [-0.05, 0) is 50.2 Å². The average Bonchev–Trinajstić information content (AvgIpc) is 2.62. The molecule has 5 heteroatoms. The van der Waals surface area contributed by atoms with E-state index in [0.717, 1.165) is 25.5 Å². The van der Waals surface area contributed by atoms with Gasteiger partial charge in [-0.1, -0.05) is 0 Å². The molecule has 0 spiro atoms. The third-order valence-corrected chi connectivity index (χ3v) is 3.21. The van der Waals surface area contributed by atoms with E-state index in [0.29, 0.717) is 5.56 Å². The molecule has 1 aromatic carbocycles. The predicted molar refractivity (Wildman–Crippen MR) is 60.5 cm³/mol. The van der Waals surface area contributed by atoms with Crippen molar-refractivity contribution in [3.63, 3.8) is 0 Å². The fourth-order valence-corrected chi connectivity index (χ4v) is 2.36. The maximum atomic E-state index is 12.7. The van der Waals surface area contributed by atoms with E-state index in [2.05, 4.69) is 4.90 Å². The summed E-state index contributed by atoms with van der Waals surface area (Å²) < 4.78 is 38.0. The summed E-state index contributed by atoms with van der Waals surface area (Å²) in [6.45, 7) is 0.917. The molecule has 1 unspecified atom stereocenters. The molecule has 1 heterocycles. The first-order valence-electron chi connectivity index (χ1n) is 5.56. The molecule has 17 heavy (non-hydrogen) atoms. The molecule has 1 saturated heterocycles. The maximum Gasteiger partial charge on any atom is 0.416 e. The van der Waals surface area contributed by atoms with Crippen LogP contribution in [0.15, 0.2) is 18.2 Å². The first-order valence-corrected chi connectivity index (χ1v) is 5.56. The summed E-state index contributed by atoms with van der Waals surface area (Å²) in [5.74, 6) is 0. The molecule has 1 aromatic rings. The van der Waals surface area contributed by atoms with Crippen LogP contribution in [0.4, 0.5) is 18.9 Å². The van der Waals surface area contributed by atoms with E-state index < -0.39 is 11.7 Å². The van der Waals surface area contributed by atoms with Crippen LogP contribution < -0.4 is 5.73 Å². The number of benzene rings is 1. The molecule has 0 amide bonds. The van der Waals surface area contributed by atoms with Gasteiger partial charge in [-0.15, -0.1) is 0 Å². The van der Waals surface area contributed by atoms with Crippen molar-refractivity contribution >= 4 is 5.69 Å². The second kappa shape index (κ2) is 4.22. The molecule has 1 atom stereocenters. The third-order valence-electron chi connectivity index (χ3n) is 3.21. The molecule has 2 nitrogen and oxygen atoms in total. The van der Waals surface area contributed by atoms with Crippen molar-refractivity contribution in [2.24, 2.45) is 0 Å². The highest BCUT2D eigenvalue weighted by atomic mass is 19.4. The maximum absolute atomic E-state index is 12.7. The fourth-order valence-electron chi connectivity index (χ4n) is 2.36. The van der Waals surface area contributed by atoms with Crippen LogP contribution >= 0.6 is 0 Å². The normalized spacial score (nSPS) is 22.0. The number of hydrogen-bond acceptors (Lipinski definition) is 2. The molecule has 1 aliphatic heterocycles. The highest BCUT2D eigenvalue weighted by molar-refractivity contribution is 5.46. The van der Waals surface area contributed by atoms with Gasteiger partial charge < -0.3 is 5.73 Å². The first kappa shape index (κ1) is 12.2. The zero-order chi connectivity index (χ0) is 12.6. The number of likely N-dealkylation sites (tertiary alicyclic amines) is 1. The van der Waals surface area contributed by atoms with E-state index in [-0.39, 0.29) is 11.7 Å². The molecule has 94 valence electrons. The lowest BCUT2D eigenvalue weighted by molar-refractivity contribution is -0.137. The molecule has 1 aliphatic rings. The number of halogens is 3. The smallest absolute Gasteiger partial charge is 0.399 e. The second-order valence-corrected chi connectivity index (χ2v) is 4.52. The van der Waals surface area contributed by atoms with Crippen molar-refractivity contribution in [2.45, 2.75) is 25.1 Å². The Morgan fingerprint density at radius 3 is 2.53 bits per heavy atom. The number of anilines is 1. The summed E-state index contributed by atoms with van der Waals surface area (Å²) in [6, 6.07) is 3.89. The molecule has 0 saturated carbocycles. The van der Waals surface area contributed by atoms with Gasteiger partial charge in [0.25, 0.3) is 0 Å². The Morgan fingerprint density at radius 1 is 1.29 bits per heavy atom. The zero-order valence-corrected chi connectivity index (χ0v) is 9.59. The number of nitrogens with zero attached hydrogens (tertiary/aromatic N) is 1. The molecule has 2 rings (SSSR count). The standard InChI is InChI=1S/C12H15F3N2/c1-17-4-2-3-11(17)8-5-9(12(13,14)15)7-10(16)6-8/h5-7,11H,2-4,16H2,1H3. The minimum Gasteiger partial charge on any atom is -0.399 e. The first-order chi connectivity index (χ1) is 7.88. The summed E-state index contributed by atoms with van der Waals surface area (Å²) in [5, 5.41) is 0. The van der Waals surface area contributed by atoms with E-state index in [9.17, 15) is 13.2 Å². The summed E-state index contributed by atoms with van der Waals surface area (Å²) in [4.78, 5) is 2.06. The Hall–Kier alpha value is -1.23. The summed E-state index contributed by atoms with van der Waals surface area (Å²) >= 11 is 0. The Labute approximate surface area is 98.2 Å². The summed E-state index contributed by atoms with van der Waals surface area (Å²) in [6.07, 6.45) is -2.43. The van der Waals surface area contributed by atoms with Crippen LogP contribution in [-0.2, 0) is 6.18 Å². The molecule has 0 aromatic heterocycles. The number of nitrogen functional groups attached to an aromatic ring is 1. The van der Waals surface area contributed by atoms with Gasteiger partial charge in [0.15, 0.2) is 0 Å². The fraction of sp³-hybridized carbons (Fsp3) is 0.500. The van der Waals surface area contributed by atoms with Crippen LogP contribution in [0.3, 0.4) is 0 Å². The highest BCUT2D eigenvalue weighted by Gasteiger charge is 2.32. The van der Waals surface area contributed by atoms with Gasteiger partial charge in [0, 0.05) is 11.7 Å². The molecular formula is C12H15F3N2. The Kier molecular flexibility index (Phi) is 3.03. The van der Waals surface area contributed by atoms with Gasteiger partial charge >= 0.3 is 6.18 Å². The molecule has 0 radical (unpaired) electrons.